The number of nitrogens with zero attached hydrogens (tertiary/aromatic N) is 7. The minimum atomic E-state index is -0.246. The lowest BCUT2D eigenvalue weighted by atomic mass is 10.1. The Bertz CT molecular complexity index is 761. The van der Waals surface area contributed by atoms with Crippen LogP contribution in [0.25, 0.3) is 11.4 Å². The maximum atomic E-state index is 9.66. The van der Waals surface area contributed by atoms with Crippen molar-refractivity contribution in [1.82, 2.24) is 24.9 Å². The van der Waals surface area contributed by atoms with E-state index in [-0.39, 0.29) is 6.01 Å². The van der Waals surface area contributed by atoms with Gasteiger partial charge in [-0.15, -0.1) is 0 Å². The van der Waals surface area contributed by atoms with Crippen LogP contribution in [-0.4, -0.2) is 82.6 Å². The van der Waals surface area contributed by atoms with Crippen molar-refractivity contribution >= 4 is 11.9 Å². The monoisotopic (exact) mass is 373 g/mol. The predicted octanol–water partition coefficient (Wildman–Crippen LogP) is 0.324. The van der Waals surface area contributed by atoms with E-state index in [2.05, 4.69) is 19.8 Å². The molecule has 4 heterocycles. The van der Waals surface area contributed by atoms with Crippen LogP contribution in [0.2, 0.25) is 0 Å². The van der Waals surface area contributed by atoms with E-state index in [1.165, 1.54) is 0 Å². The standard InChI is InChI=1S/C17H23N7O3/c1-11-13(12(2)19-17(25)18-11)14-20-15(23-3-7-26-8-4-23)22-16(21-14)24-5-9-27-10-6-24/h3-10H2,1-2H3,(H,18,19,25). The van der Waals surface area contributed by atoms with Crippen molar-refractivity contribution in [3.8, 4) is 17.4 Å². The Morgan fingerprint density at radius 2 is 1.15 bits per heavy atom. The first-order valence-corrected chi connectivity index (χ1v) is 9.08. The molecule has 0 atom stereocenters. The Balaban J connectivity index is 1.80. The molecule has 2 saturated heterocycles. The molecule has 144 valence electrons. The summed E-state index contributed by atoms with van der Waals surface area (Å²) in [7, 11) is 0. The summed E-state index contributed by atoms with van der Waals surface area (Å²) < 4.78 is 10.9. The molecule has 0 saturated carbocycles. The van der Waals surface area contributed by atoms with Gasteiger partial charge in [-0.25, -0.2) is 0 Å². The van der Waals surface area contributed by atoms with Crippen molar-refractivity contribution in [1.29, 1.82) is 0 Å². The molecule has 0 bridgehead atoms. The fraction of sp³-hybridized carbons (Fsp3) is 0.588. The van der Waals surface area contributed by atoms with E-state index in [0.29, 0.717) is 55.5 Å². The van der Waals surface area contributed by atoms with Crippen LogP contribution < -0.4 is 9.80 Å². The smallest absolute Gasteiger partial charge is 0.314 e. The van der Waals surface area contributed by atoms with Gasteiger partial charge in [-0.2, -0.15) is 24.9 Å². The van der Waals surface area contributed by atoms with Crippen molar-refractivity contribution in [3.63, 3.8) is 0 Å². The summed E-state index contributed by atoms with van der Waals surface area (Å²) in [4.78, 5) is 26.5. The Morgan fingerprint density at radius 1 is 0.704 bits per heavy atom. The van der Waals surface area contributed by atoms with Gasteiger partial charge in [0.2, 0.25) is 11.9 Å². The van der Waals surface area contributed by atoms with Gasteiger partial charge in [0.15, 0.2) is 5.82 Å². The summed E-state index contributed by atoms with van der Waals surface area (Å²) in [6, 6.07) is -0.246. The Morgan fingerprint density at radius 3 is 1.59 bits per heavy atom. The van der Waals surface area contributed by atoms with Crippen LogP contribution >= 0.6 is 0 Å². The van der Waals surface area contributed by atoms with Gasteiger partial charge in [-0.3, -0.25) is 0 Å². The van der Waals surface area contributed by atoms with Crippen LogP contribution in [0, 0.1) is 13.8 Å². The van der Waals surface area contributed by atoms with Crippen LogP contribution in [0.4, 0.5) is 11.9 Å². The first-order chi connectivity index (χ1) is 13.1. The molecule has 0 aromatic carbocycles. The van der Waals surface area contributed by atoms with E-state index < -0.39 is 0 Å². The molecule has 2 aliphatic rings. The molecule has 2 aromatic rings. The van der Waals surface area contributed by atoms with Gasteiger partial charge in [0.1, 0.15) is 0 Å². The minimum Gasteiger partial charge on any atom is -0.479 e. The van der Waals surface area contributed by atoms with Gasteiger partial charge in [0.25, 0.3) is 0 Å². The molecule has 1 N–H and O–H groups in total. The molecule has 10 nitrogen and oxygen atoms in total. The number of hydrogen-bond donors (Lipinski definition) is 1. The second kappa shape index (κ2) is 7.57. The van der Waals surface area contributed by atoms with Crippen LogP contribution in [0.3, 0.4) is 0 Å². The quantitative estimate of drug-likeness (QED) is 0.808. The van der Waals surface area contributed by atoms with E-state index in [9.17, 15) is 5.11 Å². The number of aromatic nitrogens is 5. The second-order valence-electron chi connectivity index (χ2n) is 6.53. The first kappa shape index (κ1) is 17.8. The third-order valence-corrected chi connectivity index (χ3v) is 4.68. The number of ether oxygens (including phenoxy) is 2. The van der Waals surface area contributed by atoms with Crippen molar-refractivity contribution in [2.45, 2.75) is 13.8 Å². The molecule has 2 aliphatic heterocycles. The lowest BCUT2D eigenvalue weighted by Gasteiger charge is -2.30. The summed E-state index contributed by atoms with van der Waals surface area (Å²) in [6.07, 6.45) is 0. The van der Waals surface area contributed by atoms with Crippen molar-refractivity contribution in [2.75, 3.05) is 62.4 Å². The number of aromatic hydroxyl groups is 1. The fourth-order valence-electron chi connectivity index (χ4n) is 3.30. The van der Waals surface area contributed by atoms with Gasteiger partial charge in [-0.05, 0) is 13.8 Å². The van der Waals surface area contributed by atoms with Crippen LogP contribution in [0.5, 0.6) is 6.01 Å². The summed E-state index contributed by atoms with van der Waals surface area (Å²) in [5.74, 6) is 1.76. The third-order valence-electron chi connectivity index (χ3n) is 4.68. The lowest BCUT2D eigenvalue weighted by Crippen LogP contribution is -2.40. The summed E-state index contributed by atoms with van der Waals surface area (Å²) in [6.45, 7) is 9.15. The molecule has 0 unspecified atom stereocenters. The second-order valence-corrected chi connectivity index (χ2v) is 6.53. The van der Waals surface area contributed by atoms with Crippen molar-refractivity contribution in [2.24, 2.45) is 0 Å². The van der Waals surface area contributed by atoms with Gasteiger partial charge in [0, 0.05) is 26.2 Å². The number of anilines is 2. The zero-order valence-electron chi connectivity index (χ0n) is 15.6. The van der Waals surface area contributed by atoms with Crippen molar-refractivity contribution in [3.05, 3.63) is 11.4 Å². The van der Waals surface area contributed by atoms with Gasteiger partial charge >= 0.3 is 6.01 Å². The maximum absolute atomic E-state index is 9.66. The molecule has 0 amide bonds. The molecule has 27 heavy (non-hydrogen) atoms. The SMILES string of the molecule is Cc1nc(O)nc(C)c1-c1nc(N2CCOCC2)nc(N2CCOCC2)n1. The average Bonchev–Trinajstić information content (AvgIpc) is 2.68. The van der Waals surface area contributed by atoms with E-state index in [1.807, 2.05) is 13.8 Å². The largest absolute Gasteiger partial charge is 0.479 e. The van der Waals surface area contributed by atoms with Gasteiger partial charge < -0.3 is 24.4 Å². The molecule has 2 aromatic heterocycles. The van der Waals surface area contributed by atoms with Crippen LogP contribution in [0.1, 0.15) is 11.4 Å². The molecule has 0 radical (unpaired) electrons. The Labute approximate surface area is 157 Å². The summed E-state index contributed by atoms with van der Waals surface area (Å²) in [5, 5.41) is 9.66. The summed E-state index contributed by atoms with van der Waals surface area (Å²) >= 11 is 0. The highest BCUT2D eigenvalue weighted by Crippen LogP contribution is 2.27. The molecule has 0 spiro atoms. The van der Waals surface area contributed by atoms with E-state index in [0.717, 1.165) is 31.7 Å². The third kappa shape index (κ3) is 3.76. The zero-order chi connectivity index (χ0) is 18.8. The molecule has 0 aliphatic carbocycles. The highest BCUT2D eigenvalue weighted by atomic mass is 16.5. The molecule has 10 heteroatoms. The van der Waals surface area contributed by atoms with E-state index in [4.69, 9.17) is 24.4 Å². The van der Waals surface area contributed by atoms with Gasteiger partial charge in [0.05, 0.1) is 43.4 Å². The Kier molecular flexibility index (Phi) is 4.99. The van der Waals surface area contributed by atoms with Crippen molar-refractivity contribution < 1.29 is 14.6 Å². The molecular weight excluding hydrogens is 350 g/mol. The topological polar surface area (TPSA) is 110 Å². The number of rotatable bonds is 3. The molecule has 4 rings (SSSR count). The summed E-state index contributed by atoms with van der Waals surface area (Å²) in [5.41, 5.74) is 1.98. The highest BCUT2D eigenvalue weighted by Gasteiger charge is 2.23. The number of hydrogen-bond acceptors (Lipinski definition) is 10. The van der Waals surface area contributed by atoms with Gasteiger partial charge in [-0.1, -0.05) is 0 Å². The normalized spacial score (nSPS) is 18.0. The lowest BCUT2D eigenvalue weighted by molar-refractivity contribution is 0.121. The Hall–Kier alpha value is -2.59. The number of aryl methyl sites for hydroxylation is 2. The predicted molar refractivity (Wildman–Crippen MR) is 98.1 cm³/mol. The van der Waals surface area contributed by atoms with E-state index >= 15 is 0 Å². The number of morpholine rings is 2. The highest BCUT2D eigenvalue weighted by molar-refractivity contribution is 5.63. The average molecular weight is 373 g/mol. The first-order valence-electron chi connectivity index (χ1n) is 9.08. The zero-order valence-corrected chi connectivity index (χ0v) is 15.6. The molecular formula is C17H23N7O3. The van der Waals surface area contributed by atoms with E-state index in [1.54, 1.807) is 0 Å². The fourth-order valence-corrected chi connectivity index (χ4v) is 3.30. The molecule has 2 fully saturated rings. The maximum Gasteiger partial charge on any atom is 0.314 e. The minimum absolute atomic E-state index is 0.246. The van der Waals surface area contributed by atoms with Crippen LogP contribution in [-0.2, 0) is 9.47 Å². The van der Waals surface area contributed by atoms with Crippen LogP contribution in [0.15, 0.2) is 0 Å².